The largest absolute Gasteiger partial charge is 0.340 e. The molecule has 0 amide bonds. The molecular weight excluding hydrogens is 361 g/mol. The normalized spacial score (nSPS) is 11.1. The van der Waals surface area contributed by atoms with Crippen molar-refractivity contribution in [1.82, 2.24) is 19.6 Å². The summed E-state index contributed by atoms with van der Waals surface area (Å²) >= 11 is 1.57. The fourth-order valence-corrected chi connectivity index (χ4v) is 3.41. The number of aromatic nitrogens is 4. The van der Waals surface area contributed by atoms with E-state index >= 15 is 0 Å². The van der Waals surface area contributed by atoms with Crippen LogP contribution in [0.4, 0.5) is 15.9 Å². The monoisotopic (exact) mass is 379 g/mol. The highest BCUT2D eigenvalue weighted by Crippen LogP contribution is 2.23. The SMILES string of the molecule is Cc1ccc(CSc2nc3nc(C)cc(Nc4ccc(F)cc4)n3n2)cc1. The van der Waals surface area contributed by atoms with E-state index in [1.165, 1.54) is 23.3 Å². The van der Waals surface area contributed by atoms with Crippen molar-refractivity contribution in [1.29, 1.82) is 0 Å². The molecule has 136 valence electrons. The number of nitrogens with one attached hydrogen (secondary N) is 1. The highest BCUT2D eigenvalue weighted by Gasteiger charge is 2.11. The van der Waals surface area contributed by atoms with E-state index in [1.54, 1.807) is 28.4 Å². The number of benzene rings is 2. The van der Waals surface area contributed by atoms with Gasteiger partial charge in [0.15, 0.2) is 0 Å². The Kier molecular flexibility index (Phi) is 4.77. The van der Waals surface area contributed by atoms with Crippen molar-refractivity contribution in [3.05, 3.63) is 77.2 Å². The van der Waals surface area contributed by atoms with Gasteiger partial charge in [-0.1, -0.05) is 41.6 Å². The van der Waals surface area contributed by atoms with Crippen molar-refractivity contribution in [3.63, 3.8) is 0 Å². The van der Waals surface area contributed by atoms with Gasteiger partial charge < -0.3 is 5.32 Å². The molecule has 0 unspecified atom stereocenters. The fourth-order valence-electron chi connectivity index (χ4n) is 2.63. The maximum atomic E-state index is 13.1. The van der Waals surface area contributed by atoms with Crippen molar-refractivity contribution in [2.75, 3.05) is 5.32 Å². The second kappa shape index (κ2) is 7.36. The number of nitrogens with zero attached hydrogens (tertiary/aromatic N) is 4. The molecule has 0 spiro atoms. The molecule has 0 aliphatic heterocycles. The molecular formula is C20H18FN5S. The maximum Gasteiger partial charge on any atom is 0.255 e. The lowest BCUT2D eigenvalue weighted by Gasteiger charge is -2.08. The summed E-state index contributed by atoms with van der Waals surface area (Å²) in [7, 11) is 0. The van der Waals surface area contributed by atoms with Crippen LogP contribution in [0.5, 0.6) is 0 Å². The summed E-state index contributed by atoms with van der Waals surface area (Å²) in [6, 6.07) is 16.5. The summed E-state index contributed by atoms with van der Waals surface area (Å²) < 4.78 is 14.8. The van der Waals surface area contributed by atoms with E-state index in [9.17, 15) is 4.39 Å². The van der Waals surface area contributed by atoms with E-state index < -0.39 is 0 Å². The van der Waals surface area contributed by atoms with Crippen LogP contribution in [-0.4, -0.2) is 19.6 Å². The predicted octanol–water partition coefficient (Wildman–Crippen LogP) is 4.92. The molecule has 0 bridgehead atoms. The van der Waals surface area contributed by atoms with Crippen LogP contribution in [-0.2, 0) is 5.75 Å². The average molecular weight is 379 g/mol. The second-order valence-corrected chi connectivity index (χ2v) is 7.24. The van der Waals surface area contributed by atoms with Crippen molar-refractivity contribution in [3.8, 4) is 0 Å². The smallest absolute Gasteiger partial charge is 0.255 e. The molecule has 1 N–H and O–H groups in total. The number of thioether (sulfide) groups is 1. The van der Waals surface area contributed by atoms with Gasteiger partial charge in [-0.25, -0.2) is 9.37 Å². The summed E-state index contributed by atoms with van der Waals surface area (Å²) in [5, 5.41) is 8.49. The Hall–Kier alpha value is -2.93. The van der Waals surface area contributed by atoms with Gasteiger partial charge in [0, 0.05) is 23.2 Å². The number of aryl methyl sites for hydroxylation is 2. The van der Waals surface area contributed by atoms with Crippen LogP contribution < -0.4 is 5.32 Å². The number of anilines is 2. The number of halogens is 1. The highest BCUT2D eigenvalue weighted by molar-refractivity contribution is 7.98. The topological polar surface area (TPSA) is 55.1 Å². The lowest BCUT2D eigenvalue weighted by atomic mass is 10.2. The molecule has 0 aliphatic rings. The van der Waals surface area contributed by atoms with E-state index in [0.717, 1.165) is 23.0 Å². The quantitative estimate of drug-likeness (QED) is 0.499. The van der Waals surface area contributed by atoms with E-state index in [2.05, 4.69) is 51.6 Å². The van der Waals surface area contributed by atoms with Gasteiger partial charge in [0.25, 0.3) is 5.78 Å². The Balaban J connectivity index is 1.59. The summed E-state index contributed by atoms with van der Waals surface area (Å²) in [4.78, 5) is 8.98. The van der Waals surface area contributed by atoms with Gasteiger partial charge in [-0.2, -0.15) is 9.50 Å². The van der Waals surface area contributed by atoms with Gasteiger partial charge in [0.1, 0.15) is 11.6 Å². The molecule has 5 nitrogen and oxygen atoms in total. The van der Waals surface area contributed by atoms with Crippen molar-refractivity contribution < 1.29 is 4.39 Å². The molecule has 2 aromatic heterocycles. The minimum Gasteiger partial charge on any atom is -0.340 e. The lowest BCUT2D eigenvalue weighted by molar-refractivity contribution is 0.628. The number of hydrogen-bond acceptors (Lipinski definition) is 5. The number of fused-ring (bicyclic) bond motifs is 1. The van der Waals surface area contributed by atoms with Gasteiger partial charge in [0.05, 0.1) is 0 Å². The Morgan fingerprint density at radius 1 is 1.00 bits per heavy atom. The first kappa shape index (κ1) is 17.5. The molecule has 0 saturated heterocycles. The van der Waals surface area contributed by atoms with Crippen molar-refractivity contribution in [2.45, 2.75) is 24.8 Å². The zero-order valence-electron chi connectivity index (χ0n) is 15.0. The maximum absolute atomic E-state index is 13.1. The minimum atomic E-state index is -0.271. The van der Waals surface area contributed by atoms with Crippen LogP contribution >= 0.6 is 11.8 Å². The molecule has 4 aromatic rings. The predicted molar refractivity (Wildman–Crippen MR) is 106 cm³/mol. The van der Waals surface area contributed by atoms with Gasteiger partial charge >= 0.3 is 0 Å². The Morgan fingerprint density at radius 2 is 1.74 bits per heavy atom. The molecule has 0 aliphatic carbocycles. The zero-order valence-corrected chi connectivity index (χ0v) is 15.8. The molecule has 0 radical (unpaired) electrons. The molecule has 0 atom stereocenters. The molecule has 0 saturated carbocycles. The van der Waals surface area contributed by atoms with Crippen molar-refractivity contribution >= 4 is 29.0 Å². The first-order valence-corrected chi connectivity index (χ1v) is 9.51. The highest BCUT2D eigenvalue weighted by atomic mass is 32.2. The third-order valence-corrected chi connectivity index (χ3v) is 4.93. The number of rotatable bonds is 5. The molecule has 4 rings (SSSR count). The van der Waals surface area contributed by atoms with E-state index in [1.807, 2.05) is 13.0 Å². The zero-order chi connectivity index (χ0) is 18.8. The van der Waals surface area contributed by atoms with Gasteiger partial charge in [0.2, 0.25) is 5.16 Å². The average Bonchev–Trinajstić information content (AvgIpc) is 3.06. The third-order valence-electron chi connectivity index (χ3n) is 4.03. The summed E-state index contributed by atoms with van der Waals surface area (Å²) in [5.41, 5.74) is 4.06. The minimum absolute atomic E-state index is 0.271. The standard InChI is InChI=1S/C20H18FN5S/c1-13-3-5-15(6-4-13)12-27-20-24-19-22-14(2)11-18(26(19)25-20)23-17-9-7-16(21)8-10-17/h3-11,23H,12H2,1-2H3. The molecule has 7 heteroatoms. The van der Waals surface area contributed by atoms with Gasteiger partial charge in [-0.05, 0) is 43.7 Å². The Labute approximate surface area is 160 Å². The summed E-state index contributed by atoms with van der Waals surface area (Å²) in [6.07, 6.45) is 0. The first-order chi connectivity index (χ1) is 13.1. The van der Waals surface area contributed by atoms with Gasteiger partial charge in [-0.3, -0.25) is 0 Å². The molecule has 2 heterocycles. The van der Waals surface area contributed by atoms with E-state index in [4.69, 9.17) is 0 Å². The Morgan fingerprint density at radius 3 is 2.48 bits per heavy atom. The molecule has 27 heavy (non-hydrogen) atoms. The second-order valence-electron chi connectivity index (χ2n) is 6.30. The number of hydrogen-bond donors (Lipinski definition) is 1. The summed E-state index contributed by atoms with van der Waals surface area (Å²) in [5.74, 6) is 1.79. The van der Waals surface area contributed by atoms with E-state index in [-0.39, 0.29) is 5.82 Å². The molecule has 2 aromatic carbocycles. The summed E-state index contributed by atoms with van der Waals surface area (Å²) in [6.45, 7) is 3.98. The lowest BCUT2D eigenvalue weighted by Crippen LogP contribution is -2.02. The van der Waals surface area contributed by atoms with Crippen LogP contribution in [0, 0.1) is 19.7 Å². The Bertz CT molecular complexity index is 1070. The third kappa shape index (κ3) is 4.09. The van der Waals surface area contributed by atoms with Crippen LogP contribution in [0.25, 0.3) is 5.78 Å². The van der Waals surface area contributed by atoms with Crippen LogP contribution in [0.15, 0.2) is 59.8 Å². The van der Waals surface area contributed by atoms with Crippen molar-refractivity contribution in [2.24, 2.45) is 0 Å². The first-order valence-electron chi connectivity index (χ1n) is 8.52. The van der Waals surface area contributed by atoms with Crippen LogP contribution in [0.3, 0.4) is 0 Å². The fraction of sp³-hybridized carbons (Fsp3) is 0.150. The van der Waals surface area contributed by atoms with Gasteiger partial charge in [-0.15, -0.1) is 5.10 Å². The van der Waals surface area contributed by atoms with Crippen LogP contribution in [0.1, 0.15) is 16.8 Å². The molecule has 0 fully saturated rings. The van der Waals surface area contributed by atoms with Crippen LogP contribution in [0.2, 0.25) is 0 Å². The van der Waals surface area contributed by atoms with E-state index in [0.29, 0.717) is 10.9 Å².